The van der Waals surface area contributed by atoms with E-state index in [-0.39, 0.29) is 0 Å². The Labute approximate surface area is 170 Å². The van der Waals surface area contributed by atoms with E-state index in [4.69, 9.17) is 9.72 Å². The molecule has 0 radical (unpaired) electrons. The molecule has 4 aromatic rings. The Hall–Kier alpha value is -2.85. The molecule has 0 amide bonds. The summed E-state index contributed by atoms with van der Waals surface area (Å²) in [6, 6.07) is 23.2. The number of aryl methyl sites for hydroxylation is 1. The predicted molar refractivity (Wildman–Crippen MR) is 119 cm³/mol. The van der Waals surface area contributed by atoms with Gasteiger partial charge >= 0.3 is 0 Å². The van der Waals surface area contributed by atoms with Crippen LogP contribution in [0.5, 0.6) is 5.75 Å². The van der Waals surface area contributed by atoms with E-state index in [9.17, 15) is 0 Å². The molecule has 0 unspecified atom stereocenters. The van der Waals surface area contributed by atoms with Gasteiger partial charge in [-0.25, -0.2) is 4.98 Å². The SMILES string of the molecule is CCCOc1cccc(CNc2ccc(-c3nc4ccc(C)cc4s3)cc2)c1. The van der Waals surface area contributed by atoms with Crippen molar-refractivity contribution in [3.05, 3.63) is 77.9 Å². The molecule has 0 spiro atoms. The lowest BCUT2D eigenvalue weighted by molar-refractivity contribution is 0.317. The zero-order valence-electron chi connectivity index (χ0n) is 16.2. The lowest BCUT2D eigenvalue weighted by Gasteiger charge is -2.09. The maximum atomic E-state index is 5.71. The van der Waals surface area contributed by atoms with Gasteiger partial charge < -0.3 is 10.1 Å². The van der Waals surface area contributed by atoms with Crippen LogP contribution in [-0.2, 0) is 6.54 Å². The monoisotopic (exact) mass is 388 g/mol. The fourth-order valence-corrected chi connectivity index (χ4v) is 4.12. The molecule has 0 saturated heterocycles. The topological polar surface area (TPSA) is 34.1 Å². The van der Waals surface area contributed by atoms with Crippen LogP contribution in [0.25, 0.3) is 20.8 Å². The third kappa shape index (κ3) is 4.34. The van der Waals surface area contributed by atoms with Gasteiger partial charge in [-0.1, -0.05) is 25.1 Å². The maximum absolute atomic E-state index is 5.71. The lowest BCUT2D eigenvalue weighted by atomic mass is 10.2. The molecule has 0 aliphatic heterocycles. The summed E-state index contributed by atoms with van der Waals surface area (Å²) in [6.07, 6.45) is 1.02. The van der Waals surface area contributed by atoms with Gasteiger partial charge in [-0.15, -0.1) is 11.3 Å². The van der Waals surface area contributed by atoms with E-state index < -0.39 is 0 Å². The summed E-state index contributed by atoms with van der Waals surface area (Å²) >= 11 is 1.74. The summed E-state index contributed by atoms with van der Waals surface area (Å²) in [5.41, 5.74) is 5.79. The van der Waals surface area contributed by atoms with Crippen molar-refractivity contribution in [2.75, 3.05) is 11.9 Å². The normalized spacial score (nSPS) is 10.9. The second kappa shape index (κ2) is 8.44. The minimum absolute atomic E-state index is 0.754. The average Bonchev–Trinajstić information content (AvgIpc) is 3.14. The number of anilines is 1. The first-order chi connectivity index (χ1) is 13.7. The van der Waals surface area contributed by atoms with Gasteiger partial charge in [-0.3, -0.25) is 0 Å². The molecular formula is C24H24N2OS. The van der Waals surface area contributed by atoms with Gasteiger partial charge in [0.1, 0.15) is 10.8 Å². The summed E-state index contributed by atoms with van der Waals surface area (Å²) in [4.78, 5) is 4.77. The van der Waals surface area contributed by atoms with Crippen molar-refractivity contribution in [1.82, 2.24) is 4.98 Å². The molecule has 0 fully saturated rings. The molecule has 1 N–H and O–H groups in total. The smallest absolute Gasteiger partial charge is 0.124 e. The van der Waals surface area contributed by atoms with Crippen molar-refractivity contribution in [2.45, 2.75) is 26.8 Å². The first-order valence-electron chi connectivity index (χ1n) is 9.64. The molecular weight excluding hydrogens is 364 g/mol. The fourth-order valence-electron chi connectivity index (χ4n) is 3.06. The summed E-state index contributed by atoms with van der Waals surface area (Å²) < 4.78 is 6.95. The Morgan fingerprint density at radius 1 is 1.00 bits per heavy atom. The van der Waals surface area contributed by atoms with Crippen LogP contribution in [0.15, 0.2) is 66.7 Å². The Balaban J connectivity index is 1.43. The van der Waals surface area contributed by atoms with E-state index in [1.54, 1.807) is 11.3 Å². The predicted octanol–water partition coefficient (Wildman–Crippen LogP) is 6.67. The van der Waals surface area contributed by atoms with E-state index in [0.29, 0.717) is 0 Å². The quantitative estimate of drug-likeness (QED) is 0.384. The van der Waals surface area contributed by atoms with Crippen molar-refractivity contribution in [1.29, 1.82) is 0 Å². The second-order valence-corrected chi connectivity index (χ2v) is 7.95. The van der Waals surface area contributed by atoms with Gasteiger partial charge in [0.25, 0.3) is 0 Å². The van der Waals surface area contributed by atoms with E-state index in [1.165, 1.54) is 15.8 Å². The van der Waals surface area contributed by atoms with Crippen LogP contribution in [0.3, 0.4) is 0 Å². The molecule has 4 heteroatoms. The van der Waals surface area contributed by atoms with Crippen molar-refractivity contribution in [3.63, 3.8) is 0 Å². The molecule has 0 atom stereocenters. The number of hydrogen-bond donors (Lipinski definition) is 1. The molecule has 1 heterocycles. The number of hydrogen-bond acceptors (Lipinski definition) is 4. The van der Waals surface area contributed by atoms with Gasteiger partial charge in [0.15, 0.2) is 0 Å². The van der Waals surface area contributed by atoms with Gasteiger partial charge in [0.05, 0.1) is 16.8 Å². The Bertz CT molecular complexity index is 1070. The largest absolute Gasteiger partial charge is 0.494 e. The second-order valence-electron chi connectivity index (χ2n) is 6.92. The van der Waals surface area contributed by atoms with Crippen LogP contribution < -0.4 is 10.1 Å². The number of fused-ring (bicyclic) bond motifs is 1. The first-order valence-corrected chi connectivity index (χ1v) is 10.5. The summed E-state index contributed by atoms with van der Waals surface area (Å²) in [6.45, 7) is 5.75. The summed E-state index contributed by atoms with van der Waals surface area (Å²) in [7, 11) is 0. The van der Waals surface area contributed by atoms with Crippen molar-refractivity contribution in [3.8, 4) is 16.3 Å². The van der Waals surface area contributed by atoms with E-state index in [1.807, 2.05) is 12.1 Å². The highest BCUT2D eigenvalue weighted by atomic mass is 32.1. The van der Waals surface area contributed by atoms with E-state index >= 15 is 0 Å². The highest BCUT2D eigenvalue weighted by Gasteiger charge is 2.06. The van der Waals surface area contributed by atoms with Crippen molar-refractivity contribution < 1.29 is 4.74 Å². The lowest BCUT2D eigenvalue weighted by Crippen LogP contribution is -2.00. The summed E-state index contributed by atoms with van der Waals surface area (Å²) in [5, 5.41) is 4.55. The van der Waals surface area contributed by atoms with Crippen LogP contribution in [-0.4, -0.2) is 11.6 Å². The molecule has 4 rings (SSSR count). The molecule has 0 aliphatic rings. The Morgan fingerprint density at radius 2 is 1.86 bits per heavy atom. The minimum Gasteiger partial charge on any atom is -0.494 e. The molecule has 28 heavy (non-hydrogen) atoms. The number of nitrogens with one attached hydrogen (secondary N) is 1. The van der Waals surface area contributed by atoms with Crippen LogP contribution in [0.4, 0.5) is 5.69 Å². The zero-order chi connectivity index (χ0) is 19.3. The molecule has 142 valence electrons. The van der Waals surface area contributed by atoms with E-state index in [2.05, 4.69) is 73.8 Å². The number of aromatic nitrogens is 1. The van der Waals surface area contributed by atoms with Crippen LogP contribution >= 0.6 is 11.3 Å². The third-order valence-electron chi connectivity index (χ3n) is 4.54. The van der Waals surface area contributed by atoms with E-state index in [0.717, 1.165) is 47.1 Å². The van der Waals surface area contributed by atoms with Gasteiger partial charge in [0.2, 0.25) is 0 Å². The van der Waals surface area contributed by atoms with Crippen LogP contribution in [0, 0.1) is 6.92 Å². The molecule has 3 nitrogen and oxygen atoms in total. The average molecular weight is 389 g/mol. The number of nitrogens with zero attached hydrogens (tertiary/aromatic N) is 1. The molecule has 1 aromatic heterocycles. The van der Waals surface area contributed by atoms with Crippen LogP contribution in [0.1, 0.15) is 24.5 Å². The van der Waals surface area contributed by atoms with Crippen molar-refractivity contribution >= 4 is 27.2 Å². The number of benzene rings is 3. The van der Waals surface area contributed by atoms with Gasteiger partial charge in [-0.05, 0) is 73.0 Å². The first kappa shape index (κ1) is 18.5. The van der Waals surface area contributed by atoms with Gasteiger partial charge in [0, 0.05) is 17.8 Å². The molecule has 0 saturated carbocycles. The highest BCUT2D eigenvalue weighted by molar-refractivity contribution is 7.21. The minimum atomic E-state index is 0.754. The molecule has 0 bridgehead atoms. The standard InChI is InChI=1S/C24H24N2OS/c1-3-13-27-21-6-4-5-18(15-21)16-25-20-10-8-19(9-11-20)24-26-22-12-7-17(2)14-23(22)28-24/h4-12,14-15,25H,3,13,16H2,1-2H3. The maximum Gasteiger partial charge on any atom is 0.124 e. The van der Waals surface area contributed by atoms with Crippen LogP contribution in [0.2, 0.25) is 0 Å². The summed E-state index contributed by atoms with van der Waals surface area (Å²) in [5.74, 6) is 0.933. The Morgan fingerprint density at radius 3 is 2.68 bits per heavy atom. The number of ether oxygens (including phenoxy) is 1. The highest BCUT2D eigenvalue weighted by Crippen LogP contribution is 2.31. The molecule has 3 aromatic carbocycles. The van der Waals surface area contributed by atoms with Crippen molar-refractivity contribution in [2.24, 2.45) is 0 Å². The number of thiazole rings is 1. The Kier molecular flexibility index (Phi) is 5.58. The zero-order valence-corrected chi connectivity index (χ0v) is 17.1. The molecule has 0 aliphatic carbocycles. The third-order valence-corrected chi connectivity index (χ3v) is 5.61. The van der Waals surface area contributed by atoms with Gasteiger partial charge in [-0.2, -0.15) is 0 Å². The number of rotatable bonds is 7. The fraction of sp³-hybridized carbons (Fsp3) is 0.208.